The first kappa shape index (κ1) is 13.8. The molecule has 0 spiro atoms. The van der Waals surface area contributed by atoms with Gasteiger partial charge in [-0.2, -0.15) is 0 Å². The molecule has 2 N–H and O–H groups in total. The topological polar surface area (TPSA) is 67.2 Å². The molecule has 0 saturated heterocycles. The first-order chi connectivity index (χ1) is 9.66. The van der Waals surface area contributed by atoms with Crippen LogP contribution in [-0.4, -0.2) is 18.0 Å². The number of hydrogen-bond donors (Lipinski definition) is 2. The van der Waals surface area contributed by atoms with Crippen molar-refractivity contribution in [1.29, 1.82) is 0 Å². The van der Waals surface area contributed by atoms with Crippen LogP contribution in [-0.2, 0) is 0 Å². The van der Waals surface area contributed by atoms with Crippen LogP contribution < -0.4 is 10.6 Å². The molecule has 0 bridgehead atoms. The summed E-state index contributed by atoms with van der Waals surface area (Å²) < 4.78 is 13.6. The Morgan fingerprint density at radius 3 is 2.40 bits per heavy atom. The van der Waals surface area contributed by atoms with Crippen molar-refractivity contribution < 1.29 is 9.31 Å². The zero-order valence-electron chi connectivity index (χ0n) is 10.7. The van der Waals surface area contributed by atoms with Gasteiger partial charge in [0.2, 0.25) is 0 Å². The molecule has 6 heteroatoms. The lowest BCUT2D eigenvalue weighted by Gasteiger charge is -2.09. The molecule has 0 atom stereocenters. The van der Waals surface area contributed by atoms with Gasteiger partial charge in [-0.1, -0.05) is 18.2 Å². The third-order valence-electron chi connectivity index (χ3n) is 2.71. The highest BCUT2D eigenvalue weighted by molar-refractivity contribution is 5.50. The fraction of sp³-hybridized carbons (Fsp3) is 0.143. The van der Waals surface area contributed by atoms with Crippen molar-refractivity contribution in [1.82, 2.24) is 0 Å². The van der Waals surface area contributed by atoms with Crippen molar-refractivity contribution in [3.63, 3.8) is 0 Å². The van der Waals surface area contributed by atoms with Gasteiger partial charge in [0.05, 0.1) is 16.7 Å². The second kappa shape index (κ2) is 6.51. The van der Waals surface area contributed by atoms with E-state index in [2.05, 4.69) is 10.6 Å². The molecule has 0 aliphatic heterocycles. The van der Waals surface area contributed by atoms with Gasteiger partial charge in [-0.15, -0.1) is 0 Å². The van der Waals surface area contributed by atoms with E-state index >= 15 is 0 Å². The third kappa shape index (κ3) is 3.68. The Balaban J connectivity index is 1.84. The van der Waals surface area contributed by atoms with Crippen molar-refractivity contribution in [2.75, 3.05) is 23.7 Å². The minimum Gasteiger partial charge on any atom is -0.383 e. The molecule has 0 unspecified atom stereocenters. The van der Waals surface area contributed by atoms with Crippen molar-refractivity contribution in [3.8, 4) is 0 Å². The number of non-ortho nitro benzene ring substituents is 1. The first-order valence-electron chi connectivity index (χ1n) is 6.13. The Bertz CT molecular complexity index is 590. The average Bonchev–Trinajstić information content (AvgIpc) is 2.46. The second-order valence-corrected chi connectivity index (χ2v) is 4.14. The lowest BCUT2D eigenvalue weighted by atomic mass is 10.2. The predicted octanol–water partition coefficient (Wildman–Crippen LogP) is 3.26. The summed E-state index contributed by atoms with van der Waals surface area (Å²) in [5.74, 6) is -0.626. The molecule has 0 heterocycles. The summed E-state index contributed by atoms with van der Waals surface area (Å²) >= 11 is 0. The lowest BCUT2D eigenvalue weighted by Crippen LogP contribution is -2.14. The van der Waals surface area contributed by atoms with Gasteiger partial charge >= 0.3 is 0 Å². The number of para-hydroxylation sites is 1. The molecule has 0 saturated carbocycles. The standard InChI is InChI=1S/C14H14FN3O2/c15-13-10-12(18(19)20)6-7-14(13)17-9-8-16-11-4-2-1-3-5-11/h1-7,10,16-17H,8-9H2. The van der Waals surface area contributed by atoms with Crippen LogP contribution in [0.5, 0.6) is 0 Å². The molecule has 0 aromatic heterocycles. The maximum atomic E-state index is 13.6. The summed E-state index contributed by atoms with van der Waals surface area (Å²) in [6.45, 7) is 1.12. The predicted molar refractivity (Wildman–Crippen MR) is 76.5 cm³/mol. The minimum absolute atomic E-state index is 0.254. The average molecular weight is 275 g/mol. The van der Waals surface area contributed by atoms with Crippen LogP contribution in [0.4, 0.5) is 21.5 Å². The van der Waals surface area contributed by atoms with E-state index in [4.69, 9.17) is 0 Å². The molecule has 2 aromatic rings. The van der Waals surface area contributed by atoms with Crippen LogP contribution in [0, 0.1) is 15.9 Å². The van der Waals surface area contributed by atoms with Crippen LogP contribution in [0.25, 0.3) is 0 Å². The van der Waals surface area contributed by atoms with Crippen LogP contribution >= 0.6 is 0 Å². The Morgan fingerprint density at radius 1 is 1.05 bits per heavy atom. The van der Waals surface area contributed by atoms with E-state index in [1.807, 2.05) is 30.3 Å². The monoisotopic (exact) mass is 275 g/mol. The molecule has 0 radical (unpaired) electrons. The number of nitrogens with zero attached hydrogens (tertiary/aromatic N) is 1. The van der Waals surface area contributed by atoms with Crippen LogP contribution in [0.15, 0.2) is 48.5 Å². The van der Waals surface area contributed by atoms with Gasteiger partial charge in [-0.3, -0.25) is 10.1 Å². The van der Waals surface area contributed by atoms with E-state index in [9.17, 15) is 14.5 Å². The number of nitro groups is 1. The summed E-state index contributed by atoms with van der Waals surface area (Å²) in [6, 6.07) is 13.2. The van der Waals surface area contributed by atoms with Gasteiger partial charge < -0.3 is 10.6 Å². The van der Waals surface area contributed by atoms with Crippen molar-refractivity contribution in [2.45, 2.75) is 0 Å². The minimum atomic E-state index is -0.626. The zero-order chi connectivity index (χ0) is 14.4. The Morgan fingerprint density at radius 2 is 1.75 bits per heavy atom. The SMILES string of the molecule is O=[N+]([O-])c1ccc(NCCNc2ccccc2)c(F)c1. The van der Waals surface area contributed by atoms with Gasteiger partial charge in [0, 0.05) is 24.8 Å². The highest BCUT2D eigenvalue weighted by Crippen LogP contribution is 2.20. The molecule has 104 valence electrons. The Kier molecular flexibility index (Phi) is 4.49. The molecule has 0 aliphatic carbocycles. The molecule has 0 fully saturated rings. The van der Waals surface area contributed by atoms with Gasteiger partial charge in [0.15, 0.2) is 5.82 Å². The first-order valence-corrected chi connectivity index (χ1v) is 6.13. The molecule has 20 heavy (non-hydrogen) atoms. The smallest absolute Gasteiger partial charge is 0.272 e. The Labute approximate surface area is 115 Å². The highest BCUT2D eigenvalue weighted by Gasteiger charge is 2.09. The van der Waals surface area contributed by atoms with E-state index in [0.717, 1.165) is 11.8 Å². The van der Waals surface area contributed by atoms with E-state index in [-0.39, 0.29) is 11.4 Å². The molecular weight excluding hydrogens is 261 g/mol. The summed E-state index contributed by atoms with van der Waals surface area (Å²) in [5, 5.41) is 16.6. The normalized spacial score (nSPS) is 10.1. The van der Waals surface area contributed by atoms with E-state index in [0.29, 0.717) is 13.1 Å². The van der Waals surface area contributed by atoms with Gasteiger partial charge in [-0.25, -0.2) is 4.39 Å². The van der Waals surface area contributed by atoms with E-state index in [1.165, 1.54) is 12.1 Å². The summed E-state index contributed by atoms with van der Waals surface area (Å²) in [4.78, 5) is 9.87. The maximum absolute atomic E-state index is 13.6. The van der Waals surface area contributed by atoms with Gasteiger partial charge in [-0.05, 0) is 18.2 Å². The van der Waals surface area contributed by atoms with E-state index in [1.54, 1.807) is 0 Å². The quantitative estimate of drug-likeness (QED) is 0.482. The fourth-order valence-electron chi connectivity index (χ4n) is 1.72. The molecule has 2 rings (SSSR count). The van der Waals surface area contributed by atoms with Crippen LogP contribution in [0.3, 0.4) is 0 Å². The maximum Gasteiger partial charge on any atom is 0.272 e. The number of nitrogens with one attached hydrogen (secondary N) is 2. The summed E-state index contributed by atoms with van der Waals surface area (Å²) in [5.41, 5.74) is 0.986. The van der Waals surface area contributed by atoms with Crippen LogP contribution in [0.2, 0.25) is 0 Å². The van der Waals surface area contributed by atoms with Gasteiger partial charge in [0.1, 0.15) is 0 Å². The van der Waals surface area contributed by atoms with Crippen molar-refractivity contribution >= 4 is 17.1 Å². The number of anilines is 2. The number of hydrogen-bond acceptors (Lipinski definition) is 4. The largest absolute Gasteiger partial charge is 0.383 e. The van der Waals surface area contributed by atoms with E-state index < -0.39 is 10.7 Å². The number of nitro benzene ring substituents is 1. The number of halogens is 1. The molecule has 2 aromatic carbocycles. The fourth-order valence-corrected chi connectivity index (χ4v) is 1.72. The van der Waals surface area contributed by atoms with Crippen molar-refractivity contribution in [3.05, 3.63) is 64.5 Å². The Hall–Kier alpha value is -2.63. The molecule has 5 nitrogen and oxygen atoms in total. The third-order valence-corrected chi connectivity index (χ3v) is 2.71. The molecular formula is C14H14FN3O2. The lowest BCUT2D eigenvalue weighted by molar-refractivity contribution is -0.385. The second-order valence-electron chi connectivity index (χ2n) is 4.14. The molecule has 0 amide bonds. The number of benzene rings is 2. The summed E-state index contributed by atoms with van der Waals surface area (Å²) in [7, 11) is 0. The molecule has 0 aliphatic rings. The highest BCUT2D eigenvalue weighted by atomic mass is 19.1. The van der Waals surface area contributed by atoms with Crippen molar-refractivity contribution in [2.24, 2.45) is 0 Å². The van der Waals surface area contributed by atoms with Gasteiger partial charge in [0.25, 0.3) is 5.69 Å². The number of rotatable bonds is 6. The van der Waals surface area contributed by atoms with Crippen LogP contribution in [0.1, 0.15) is 0 Å². The summed E-state index contributed by atoms with van der Waals surface area (Å²) in [6.07, 6.45) is 0. The zero-order valence-corrected chi connectivity index (χ0v) is 10.7.